The SMILES string of the molecule is COc1cc(Cc2ncnc(N3CCN(c4ncc(Cc5ccccc5)cn4)CC3)n2)ccn1. The zero-order valence-electron chi connectivity index (χ0n) is 19.1. The van der Waals surface area contributed by atoms with E-state index >= 15 is 0 Å². The number of benzene rings is 1. The second-order valence-corrected chi connectivity index (χ2v) is 8.11. The lowest BCUT2D eigenvalue weighted by Gasteiger charge is -2.34. The minimum atomic E-state index is 0.582. The molecule has 172 valence electrons. The predicted octanol–water partition coefficient (Wildman–Crippen LogP) is 2.57. The molecule has 0 amide bonds. The van der Waals surface area contributed by atoms with Crippen LogP contribution < -0.4 is 14.5 Å². The van der Waals surface area contributed by atoms with Crippen LogP contribution >= 0.6 is 0 Å². The van der Waals surface area contributed by atoms with Gasteiger partial charge in [-0.3, -0.25) is 0 Å². The Morgan fingerprint density at radius 3 is 2.21 bits per heavy atom. The van der Waals surface area contributed by atoms with Gasteiger partial charge < -0.3 is 14.5 Å². The van der Waals surface area contributed by atoms with Crippen LogP contribution in [-0.2, 0) is 12.8 Å². The molecule has 9 heteroatoms. The highest BCUT2D eigenvalue weighted by molar-refractivity contribution is 5.38. The van der Waals surface area contributed by atoms with E-state index < -0.39 is 0 Å². The molecule has 1 aromatic carbocycles. The molecule has 0 unspecified atom stereocenters. The Morgan fingerprint density at radius 2 is 1.47 bits per heavy atom. The van der Waals surface area contributed by atoms with Crippen molar-refractivity contribution < 1.29 is 4.74 Å². The summed E-state index contributed by atoms with van der Waals surface area (Å²) in [5.74, 6) is 2.76. The van der Waals surface area contributed by atoms with E-state index in [0.717, 1.165) is 55.5 Å². The quantitative estimate of drug-likeness (QED) is 0.418. The van der Waals surface area contributed by atoms with Gasteiger partial charge in [-0.15, -0.1) is 0 Å². The van der Waals surface area contributed by atoms with Crippen molar-refractivity contribution in [3.05, 3.63) is 89.9 Å². The van der Waals surface area contributed by atoms with E-state index in [2.05, 4.69) is 64.0 Å². The van der Waals surface area contributed by atoms with Gasteiger partial charge in [-0.1, -0.05) is 30.3 Å². The summed E-state index contributed by atoms with van der Waals surface area (Å²) in [6.07, 6.45) is 8.59. The van der Waals surface area contributed by atoms with Crippen molar-refractivity contribution in [2.45, 2.75) is 12.8 Å². The van der Waals surface area contributed by atoms with Crippen LogP contribution in [0.4, 0.5) is 11.9 Å². The summed E-state index contributed by atoms with van der Waals surface area (Å²) in [6.45, 7) is 3.20. The van der Waals surface area contributed by atoms with E-state index in [9.17, 15) is 0 Å². The molecular formula is C25H26N8O. The molecule has 1 aliphatic heterocycles. The largest absolute Gasteiger partial charge is 0.481 e. The molecule has 5 rings (SSSR count). The zero-order valence-corrected chi connectivity index (χ0v) is 19.1. The average Bonchev–Trinajstić information content (AvgIpc) is 2.90. The van der Waals surface area contributed by atoms with Crippen molar-refractivity contribution in [3.63, 3.8) is 0 Å². The van der Waals surface area contributed by atoms with E-state index in [-0.39, 0.29) is 0 Å². The molecule has 0 bridgehead atoms. The van der Waals surface area contributed by atoms with Gasteiger partial charge >= 0.3 is 0 Å². The van der Waals surface area contributed by atoms with E-state index in [1.54, 1.807) is 19.6 Å². The number of hydrogen-bond acceptors (Lipinski definition) is 9. The maximum atomic E-state index is 5.20. The normalized spacial score (nSPS) is 13.7. The fourth-order valence-electron chi connectivity index (χ4n) is 3.95. The molecule has 1 fully saturated rings. The molecule has 9 nitrogen and oxygen atoms in total. The van der Waals surface area contributed by atoms with Gasteiger partial charge in [-0.2, -0.15) is 4.98 Å². The number of anilines is 2. The van der Waals surface area contributed by atoms with Gasteiger partial charge in [0.2, 0.25) is 17.8 Å². The maximum absolute atomic E-state index is 5.20. The number of ether oxygens (including phenoxy) is 1. The van der Waals surface area contributed by atoms with Crippen molar-refractivity contribution in [3.8, 4) is 5.88 Å². The molecule has 4 aromatic rings. The molecule has 0 N–H and O–H groups in total. The van der Waals surface area contributed by atoms with Crippen LogP contribution in [-0.4, -0.2) is 63.2 Å². The molecule has 4 heterocycles. The summed E-state index contributed by atoms with van der Waals surface area (Å²) in [5.41, 5.74) is 3.41. The lowest BCUT2D eigenvalue weighted by Crippen LogP contribution is -2.47. The first kappa shape index (κ1) is 21.7. The lowest BCUT2D eigenvalue weighted by atomic mass is 10.1. The van der Waals surface area contributed by atoms with Crippen LogP contribution in [0.25, 0.3) is 0 Å². The van der Waals surface area contributed by atoms with Gasteiger partial charge in [0.25, 0.3) is 0 Å². The molecule has 0 radical (unpaired) electrons. The average molecular weight is 455 g/mol. The summed E-state index contributed by atoms with van der Waals surface area (Å²) in [5, 5.41) is 0. The smallest absolute Gasteiger partial charge is 0.228 e. The van der Waals surface area contributed by atoms with Crippen molar-refractivity contribution in [1.82, 2.24) is 29.9 Å². The molecule has 1 saturated heterocycles. The minimum Gasteiger partial charge on any atom is -0.481 e. The summed E-state index contributed by atoms with van der Waals surface area (Å²) < 4.78 is 5.20. The van der Waals surface area contributed by atoms with Crippen molar-refractivity contribution in [2.75, 3.05) is 43.1 Å². The Kier molecular flexibility index (Phi) is 6.51. The van der Waals surface area contributed by atoms with Gasteiger partial charge in [0, 0.05) is 63.7 Å². The molecule has 0 spiro atoms. The number of nitrogens with zero attached hydrogens (tertiary/aromatic N) is 8. The Labute approximate surface area is 198 Å². The molecule has 0 atom stereocenters. The third-order valence-electron chi connectivity index (χ3n) is 5.77. The van der Waals surface area contributed by atoms with E-state index in [4.69, 9.17) is 4.74 Å². The number of piperazine rings is 1. The highest BCUT2D eigenvalue weighted by Gasteiger charge is 2.21. The zero-order chi connectivity index (χ0) is 23.2. The fourth-order valence-corrected chi connectivity index (χ4v) is 3.95. The molecular weight excluding hydrogens is 428 g/mol. The summed E-state index contributed by atoms with van der Waals surface area (Å²) in [7, 11) is 1.61. The first-order valence-electron chi connectivity index (χ1n) is 11.3. The monoisotopic (exact) mass is 454 g/mol. The van der Waals surface area contributed by atoms with Crippen LogP contribution in [0.5, 0.6) is 5.88 Å². The standard InChI is InChI=1S/C25H26N8O/c1-34-23-15-20(7-8-26-23)14-22-29-18-30-25(31-22)33-11-9-32(10-12-33)24-27-16-21(17-28-24)13-19-5-3-2-4-6-19/h2-8,15-18H,9-14H2,1H3. The lowest BCUT2D eigenvalue weighted by molar-refractivity contribution is 0.397. The first-order valence-corrected chi connectivity index (χ1v) is 11.3. The first-order chi connectivity index (χ1) is 16.8. The van der Waals surface area contributed by atoms with E-state index in [0.29, 0.717) is 18.2 Å². The van der Waals surface area contributed by atoms with Crippen LogP contribution in [0, 0.1) is 0 Å². The van der Waals surface area contributed by atoms with Gasteiger partial charge in [-0.25, -0.2) is 24.9 Å². The highest BCUT2D eigenvalue weighted by Crippen LogP contribution is 2.17. The second kappa shape index (κ2) is 10.2. The van der Waals surface area contributed by atoms with E-state index in [1.165, 1.54) is 5.56 Å². The van der Waals surface area contributed by atoms with Crippen LogP contribution in [0.2, 0.25) is 0 Å². The van der Waals surface area contributed by atoms with E-state index in [1.807, 2.05) is 30.6 Å². The van der Waals surface area contributed by atoms with Crippen LogP contribution in [0.15, 0.2) is 67.4 Å². The molecule has 1 aliphatic rings. The maximum Gasteiger partial charge on any atom is 0.228 e. The topological polar surface area (TPSA) is 93.1 Å². The predicted molar refractivity (Wildman–Crippen MR) is 129 cm³/mol. The van der Waals surface area contributed by atoms with Crippen molar-refractivity contribution >= 4 is 11.9 Å². The summed E-state index contributed by atoms with van der Waals surface area (Å²) in [4.78, 5) is 31.2. The Hall–Kier alpha value is -4.14. The highest BCUT2D eigenvalue weighted by atomic mass is 16.5. The van der Waals surface area contributed by atoms with Gasteiger partial charge in [-0.05, 0) is 22.8 Å². The van der Waals surface area contributed by atoms with Gasteiger partial charge in [0.15, 0.2) is 0 Å². The van der Waals surface area contributed by atoms with Crippen LogP contribution in [0.3, 0.4) is 0 Å². The number of hydrogen-bond donors (Lipinski definition) is 0. The Balaban J connectivity index is 1.18. The number of aromatic nitrogens is 6. The van der Waals surface area contributed by atoms with Crippen LogP contribution in [0.1, 0.15) is 22.5 Å². The second-order valence-electron chi connectivity index (χ2n) is 8.11. The van der Waals surface area contributed by atoms with Crippen molar-refractivity contribution in [1.29, 1.82) is 0 Å². The van der Waals surface area contributed by atoms with Gasteiger partial charge in [0.1, 0.15) is 12.2 Å². The third-order valence-corrected chi connectivity index (χ3v) is 5.77. The summed E-state index contributed by atoms with van der Waals surface area (Å²) >= 11 is 0. The fraction of sp³-hybridized carbons (Fsp3) is 0.280. The molecule has 3 aromatic heterocycles. The molecule has 34 heavy (non-hydrogen) atoms. The minimum absolute atomic E-state index is 0.582. The number of pyridine rings is 1. The third kappa shape index (κ3) is 5.25. The van der Waals surface area contributed by atoms with Crippen molar-refractivity contribution in [2.24, 2.45) is 0 Å². The number of rotatable bonds is 7. The molecule has 0 aliphatic carbocycles. The Morgan fingerprint density at radius 1 is 0.735 bits per heavy atom. The Bertz CT molecular complexity index is 1210. The molecule has 0 saturated carbocycles. The van der Waals surface area contributed by atoms with Gasteiger partial charge in [0.05, 0.1) is 7.11 Å². The summed E-state index contributed by atoms with van der Waals surface area (Å²) in [6, 6.07) is 14.2. The number of methoxy groups -OCH3 is 1.